The number of aromatic amines is 1. The number of aromatic nitrogens is 2. The minimum Gasteiger partial charge on any atom is -0.444 e. The predicted octanol–water partition coefficient (Wildman–Crippen LogP) is 5.74. The molecule has 3 aromatic rings. The van der Waals surface area contributed by atoms with E-state index in [-0.39, 0.29) is 24.2 Å². The molecule has 1 heterocycles. The predicted molar refractivity (Wildman–Crippen MR) is 159 cm³/mol. The summed E-state index contributed by atoms with van der Waals surface area (Å²) in [7, 11) is 0. The van der Waals surface area contributed by atoms with Crippen molar-refractivity contribution >= 4 is 62.0 Å². The van der Waals surface area contributed by atoms with Gasteiger partial charge in [-0.15, -0.1) is 0 Å². The number of ether oxygens (including phenoxy) is 1. The number of carbonyl (C=O) groups is 3. The van der Waals surface area contributed by atoms with E-state index < -0.39 is 23.6 Å². The van der Waals surface area contributed by atoms with Crippen molar-refractivity contribution in [3.8, 4) is 0 Å². The van der Waals surface area contributed by atoms with E-state index in [0.717, 1.165) is 28.3 Å². The van der Waals surface area contributed by atoms with Gasteiger partial charge in [-0.1, -0.05) is 39.7 Å². The number of rotatable bonds is 8. The van der Waals surface area contributed by atoms with Gasteiger partial charge in [0.25, 0.3) is 0 Å². The Hall–Kier alpha value is -3.11. The van der Waals surface area contributed by atoms with Crippen LogP contribution in [-0.2, 0) is 20.7 Å². The van der Waals surface area contributed by atoms with Gasteiger partial charge in [0.05, 0.1) is 5.52 Å². The van der Waals surface area contributed by atoms with Crippen molar-refractivity contribution in [2.75, 3.05) is 11.4 Å². The number of nitrogens with one attached hydrogen (secondary N) is 2. The van der Waals surface area contributed by atoms with Gasteiger partial charge in [-0.25, -0.2) is 4.79 Å². The second kappa shape index (κ2) is 12.6. The number of nitrogens with zero attached hydrogens (tertiary/aromatic N) is 2. The van der Waals surface area contributed by atoms with Crippen molar-refractivity contribution < 1.29 is 19.1 Å². The number of fused-ring (bicyclic) bond motifs is 1. The van der Waals surface area contributed by atoms with Crippen molar-refractivity contribution in [2.24, 2.45) is 17.6 Å². The van der Waals surface area contributed by atoms with Crippen LogP contribution >= 0.6 is 27.5 Å². The monoisotopic (exact) mass is 631 g/mol. The van der Waals surface area contributed by atoms with Gasteiger partial charge < -0.3 is 15.8 Å². The summed E-state index contributed by atoms with van der Waals surface area (Å²) in [6.45, 7) is 5.96. The highest BCUT2D eigenvalue weighted by atomic mass is 79.9. The van der Waals surface area contributed by atoms with Gasteiger partial charge in [0.15, 0.2) is 0 Å². The van der Waals surface area contributed by atoms with E-state index in [0.29, 0.717) is 35.7 Å². The van der Waals surface area contributed by atoms with Crippen LogP contribution in [0.2, 0.25) is 5.15 Å². The number of halogens is 2. The molecule has 3 amide bonds. The molecule has 9 nitrogen and oxygen atoms in total. The zero-order valence-corrected chi connectivity index (χ0v) is 25.2. The minimum atomic E-state index is -0.903. The first-order valence-corrected chi connectivity index (χ1v) is 14.6. The molecule has 11 heteroatoms. The normalized spacial score (nSPS) is 18.2. The summed E-state index contributed by atoms with van der Waals surface area (Å²) in [5.41, 5.74) is 7.37. The zero-order valence-electron chi connectivity index (χ0n) is 22.9. The molecule has 0 spiro atoms. The van der Waals surface area contributed by atoms with Gasteiger partial charge in [0.1, 0.15) is 16.8 Å². The van der Waals surface area contributed by atoms with Crippen LogP contribution < -0.4 is 16.0 Å². The number of carbonyl (C=O) groups excluding carboxylic acids is 3. The van der Waals surface area contributed by atoms with Crippen LogP contribution in [0.15, 0.2) is 46.9 Å². The molecule has 4 rings (SSSR count). The van der Waals surface area contributed by atoms with E-state index in [1.165, 1.54) is 4.90 Å². The smallest absolute Gasteiger partial charge is 0.407 e. The lowest BCUT2D eigenvalue weighted by Gasteiger charge is -2.35. The van der Waals surface area contributed by atoms with Crippen molar-refractivity contribution in [3.05, 3.63) is 57.7 Å². The Bertz CT molecular complexity index is 1380. The fourth-order valence-electron chi connectivity index (χ4n) is 5.14. The topological polar surface area (TPSA) is 130 Å². The Labute approximate surface area is 247 Å². The third-order valence-electron chi connectivity index (χ3n) is 7.10. The number of anilines is 1. The highest BCUT2D eigenvalue weighted by Gasteiger charge is 2.36. The average molecular weight is 633 g/mol. The summed E-state index contributed by atoms with van der Waals surface area (Å²) in [6, 6.07) is 12.0. The van der Waals surface area contributed by atoms with Crippen LogP contribution in [0.4, 0.5) is 10.5 Å². The number of primary amides is 1. The average Bonchev–Trinajstić information content (AvgIpc) is 3.26. The lowest BCUT2D eigenvalue weighted by atomic mass is 9.81. The van der Waals surface area contributed by atoms with Crippen molar-refractivity contribution in [3.63, 3.8) is 0 Å². The van der Waals surface area contributed by atoms with Crippen LogP contribution in [0.5, 0.6) is 0 Å². The zero-order chi connectivity index (χ0) is 29.0. The van der Waals surface area contributed by atoms with E-state index in [4.69, 9.17) is 22.1 Å². The first-order valence-electron chi connectivity index (χ1n) is 13.4. The molecule has 1 atom stereocenters. The van der Waals surface area contributed by atoms with Crippen molar-refractivity contribution in [1.82, 2.24) is 15.5 Å². The Kier molecular flexibility index (Phi) is 9.41. The fraction of sp³-hybridized carbons (Fsp3) is 0.448. The number of benzene rings is 2. The van der Waals surface area contributed by atoms with E-state index in [1.54, 1.807) is 18.2 Å². The van der Waals surface area contributed by atoms with Gasteiger partial charge in [0.2, 0.25) is 11.8 Å². The standard InChI is InChI=1S/C29H35BrClN5O4/c1-29(2,3)40-28(39)33-16-17-7-9-19(10-8-17)27(38)36(21-11-12-22-23(15-21)34-35-25(22)31)24(26(32)37)14-18-5-4-6-20(30)13-18/h4-6,11-13,15,17,19,24H,7-10,14,16H2,1-3H3,(H2,32,37)(H,33,39)(H,34,35)/t17?,19?,24-/m0/s1. The molecule has 1 aliphatic carbocycles. The maximum Gasteiger partial charge on any atom is 0.407 e. The summed E-state index contributed by atoms with van der Waals surface area (Å²) in [5, 5.41) is 10.9. The third-order valence-corrected chi connectivity index (χ3v) is 7.88. The van der Waals surface area contributed by atoms with Crippen LogP contribution in [0.3, 0.4) is 0 Å². The number of H-pyrrole nitrogens is 1. The largest absolute Gasteiger partial charge is 0.444 e. The molecule has 214 valence electrons. The quantitative estimate of drug-likeness (QED) is 0.292. The lowest BCUT2D eigenvalue weighted by molar-refractivity contribution is -0.127. The number of hydrogen-bond acceptors (Lipinski definition) is 5. The molecule has 1 fully saturated rings. The van der Waals surface area contributed by atoms with Gasteiger partial charge >= 0.3 is 6.09 Å². The number of nitrogens with two attached hydrogens (primary N) is 1. The molecule has 0 radical (unpaired) electrons. The second-order valence-corrected chi connectivity index (χ2v) is 12.6. The molecule has 1 aromatic heterocycles. The Morgan fingerprint density at radius 2 is 1.90 bits per heavy atom. The molecule has 0 aliphatic heterocycles. The lowest BCUT2D eigenvalue weighted by Crippen LogP contribution is -2.52. The number of hydrogen-bond donors (Lipinski definition) is 3. The van der Waals surface area contributed by atoms with Gasteiger partial charge in [0, 0.05) is 34.4 Å². The maximum absolute atomic E-state index is 14.1. The molecule has 1 aliphatic rings. The second-order valence-electron chi connectivity index (χ2n) is 11.3. The van der Waals surface area contributed by atoms with E-state index in [1.807, 2.05) is 45.0 Å². The van der Waals surface area contributed by atoms with Crippen LogP contribution in [0.1, 0.15) is 52.0 Å². The SMILES string of the molecule is CC(C)(C)OC(=O)NCC1CCC(C(=O)N(c2ccc3c(Cl)[nH]nc3c2)[C@@H](Cc2cccc(Br)c2)C(N)=O)CC1. The fourth-order valence-corrected chi connectivity index (χ4v) is 5.79. The summed E-state index contributed by atoms with van der Waals surface area (Å²) in [4.78, 5) is 40.6. The minimum absolute atomic E-state index is 0.154. The molecular weight excluding hydrogens is 598 g/mol. The summed E-state index contributed by atoms with van der Waals surface area (Å²) in [5.74, 6) is -0.802. The molecule has 1 saturated carbocycles. The maximum atomic E-state index is 14.1. The molecule has 0 saturated heterocycles. The van der Waals surface area contributed by atoms with Crippen LogP contribution in [0, 0.1) is 11.8 Å². The van der Waals surface area contributed by atoms with E-state index >= 15 is 0 Å². The van der Waals surface area contributed by atoms with Gasteiger partial charge in [-0.2, -0.15) is 5.10 Å². The molecular formula is C29H35BrClN5O4. The van der Waals surface area contributed by atoms with E-state index in [9.17, 15) is 14.4 Å². The Morgan fingerprint density at radius 3 is 2.55 bits per heavy atom. The van der Waals surface area contributed by atoms with Crippen molar-refractivity contribution in [1.29, 1.82) is 0 Å². The molecule has 40 heavy (non-hydrogen) atoms. The van der Waals surface area contributed by atoms with E-state index in [2.05, 4.69) is 31.4 Å². The van der Waals surface area contributed by atoms with Gasteiger partial charge in [-0.3, -0.25) is 19.6 Å². The number of alkyl carbamates (subject to hydrolysis) is 1. The van der Waals surface area contributed by atoms with Gasteiger partial charge in [-0.05, 0) is 88.3 Å². The number of amides is 3. The van der Waals surface area contributed by atoms with Crippen LogP contribution in [-0.4, -0.2) is 46.3 Å². The Morgan fingerprint density at radius 1 is 1.18 bits per heavy atom. The first kappa shape index (κ1) is 29.9. The Balaban J connectivity index is 1.54. The molecule has 0 unspecified atom stereocenters. The molecule has 4 N–H and O–H groups in total. The highest BCUT2D eigenvalue weighted by Crippen LogP contribution is 2.34. The summed E-state index contributed by atoms with van der Waals surface area (Å²) >= 11 is 9.68. The third kappa shape index (κ3) is 7.54. The summed E-state index contributed by atoms with van der Waals surface area (Å²) in [6.07, 6.45) is 2.61. The summed E-state index contributed by atoms with van der Waals surface area (Å²) < 4.78 is 6.20. The highest BCUT2D eigenvalue weighted by molar-refractivity contribution is 9.10. The van der Waals surface area contributed by atoms with Crippen molar-refractivity contribution in [2.45, 2.75) is 64.5 Å². The van der Waals surface area contributed by atoms with Crippen LogP contribution in [0.25, 0.3) is 10.9 Å². The molecule has 0 bridgehead atoms. The molecule has 2 aromatic carbocycles. The first-order chi connectivity index (χ1) is 18.9.